The Morgan fingerprint density at radius 3 is 2.35 bits per heavy atom. The quantitative estimate of drug-likeness (QED) is 0.777. The third kappa shape index (κ3) is 3.57. The van der Waals surface area contributed by atoms with E-state index in [1.165, 1.54) is 0 Å². The Morgan fingerprint density at radius 2 is 1.73 bits per heavy atom. The molecule has 1 aliphatic rings. The van der Waals surface area contributed by atoms with E-state index in [4.69, 9.17) is 4.74 Å². The van der Waals surface area contributed by atoms with E-state index in [1.54, 1.807) is 24.1 Å². The highest BCUT2D eigenvalue weighted by Gasteiger charge is 2.58. The number of anilines is 1. The maximum atomic E-state index is 13.1. The van der Waals surface area contributed by atoms with Crippen molar-refractivity contribution in [3.63, 3.8) is 0 Å². The normalized spacial score (nSPS) is 14.4. The summed E-state index contributed by atoms with van der Waals surface area (Å²) in [5, 5.41) is 2.88. The lowest BCUT2D eigenvalue weighted by Gasteiger charge is -2.26. The monoisotopic (exact) mass is 352 g/mol. The molecule has 0 aliphatic heterocycles. The Labute approximate surface area is 154 Å². The molecule has 1 saturated carbocycles. The zero-order valence-corrected chi connectivity index (χ0v) is 15.2. The van der Waals surface area contributed by atoms with Crippen LogP contribution in [0.15, 0.2) is 54.6 Å². The molecule has 5 heteroatoms. The summed E-state index contributed by atoms with van der Waals surface area (Å²) in [7, 11) is 1.56. The third-order valence-corrected chi connectivity index (χ3v) is 4.83. The van der Waals surface area contributed by atoms with Crippen molar-refractivity contribution in [2.45, 2.75) is 26.3 Å². The van der Waals surface area contributed by atoms with Crippen molar-refractivity contribution in [3.8, 4) is 5.75 Å². The fourth-order valence-corrected chi connectivity index (χ4v) is 3.09. The zero-order chi connectivity index (χ0) is 18.6. The molecule has 0 unspecified atom stereocenters. The van der Waals surface area contributed by atoms with Crippen molar-refractivity contribution in [2.75, 3.05) is 19.0 Å². The predicted molar refractivity (Wildman–Crippen MR) is 101 cm³/mol. The Hall–Kier alpha value is -2.82. The summed E-state index contributed by atoms with van der Waals surface area (Å²) in [5.41, 5.74) is 0.694. The van der Waals surface area contributed by atoms with Crippen molar-refractivity contribution >= 4 is 17.5 Å². The first-order valence-electron chi connectivity index (χ1n) is 8.88. The van der Waals surface area contributed by atoms with E-state index in [0.29, 0.717) is 37.4 Å². The highest BCUT2D eigenvalue weighted by atomic mass is 16.5. The Morgan fingerprint density at radius 1 is 1.08 bits per heavy atom. The van der Waals surface area contributed by atoms with Gasteiger partial charge in [-0.05, 0) is 37.5 Å². The topological polar surface area (TPSA) is 58.6 Å². The maximum Gasteiger partial charge on any atom is 0.240 e. The lowest BCUT2D eigenvalue weighted by molar-refractivity contribution is -0.142. The summed E-state index contributed by atoms with van der Waals surface area (Å²) >= 11 is 0. The molecule has 2 amide bonds. The second-order valence-electron chi connectivity index (χ2n) is 6.54. The molecule has 2 aromatic rings. The Balaban J connectivity index is 1.74. The molecule has 1 N–H and O–H groups in total. The van der Waals surface area contributed by atoms with Gasteiger partial charge in [-0.3, -0.25) is 9.59 Å². The minimum atomic E-state index is -0.953. The van der Waals surface area contributed by atoms with E-state index in [0.717, 1.165) is 5.56 Å². The standard InChI is InChI=1S/C21H24N2O3/c1-3-23(15-16-9-5-4-6-10-16)20(25)21(13-14-21)19(24)22-17-11-7-8-12-18(17)26-2/h4-12H,3,13-15H2,1-2H3,(H,22,24). The van der Waals surface area contributed by atoms with E-state index in [-0.39, 0.29) is 11.8 Å². The van der Waals surface area contributed by atoms with Gasteiger partial charge < -0.3 is 15.0 Å². The number of hydrogen-bond acceptors (Lipinski definition) is 3. The van der Waals surface area contributed by atoms with E-state index in [1.807, 2.05) is 49.4 Å². The number of para-hydroxylation sites is 2. The molecule has 3 rings (SSSR count). The maximum absolute atomic E-state index is 13.1. The average molecular weight is 352 g/mol. The summed E-state index contributed by atoms with van der Waals surface area (Å²) in [6.45, 7) is 3.02. The zero-order valence-electron chi connectivity index (χ0n) is 15.2. The predicted octanol–water partition coefficient (Wildman–Crippen LogP) is 3.46. The summed E-state index contributed by atoms with van der Waals surface area (Å²) < 4.78 is 5.28. The van der Waals surface area contributed by atoms with E-state index in [9.17, 15) is 9.59 Å². The lowest BCUT2D eigenvalue weighted by Crippen LogP contribution is -2.42. The summed E-state index contributed by atoms with van der Waals surface area (Å²) in [4.78, 5) is 27.7. The number of carbonyl (C=O) groups excluding carboxylic acids is 2. The molecular weight excluding hydrogens is 328 g/mol. The SMILES string of the molecule is CCN(Cc1ccccc1)C(=O)C1(C(=O)Nc2ccccc2OC)CC1. The van der Waals surface area contributed by atoms with E-state index in [2.05, 4.69) is 5.32 Å². The van der Waals surface area contributed by atoms with Gasteiger partial charge >= 0.3 is 0 Å². The molecule has 26 heavy (non-hydrogen) atoms. The van der Waals surface area contributed by atoms with Gasteiger partial charge in [0.15, 0.2) is 0 Å². The van der Waals surface area contributed by atoms with Gasteiger partial charge in [0.1, 0.15) is 11.2 Å². The number of methoxy groups -OCH3 is 1. The van der Waals surface area contributed by atoms with Crippen LogP contribution < -0.4 is 10.1 Å². The fourth-order valence-electron chi connectivity index (χ4n) is 3.09. The molecule has 0 spiro atoms. The number of nitrogens with zero attached hydrogens (tertiary/aromatic N) is 1. The van der Waals surface area contributed by atoms with Crippen LogP contribution >= 0.6 is 0 Å². The van der Waals surface area contributed by atoms with Crippen LogP contribution in [0, 0.1) is 5.41 Å². The molecular formula is C21H24N2O3. The molecule has 1 fully saturated rings. The Kier molecular flexibility index (Phi) is 5.26. The van der Waals surface area contributed by atoms with Crippen LogP contribution in [0.3, 0.4) is 0 Å². The second-order valence-corrected chi connectivity index (χ2v) is 6.54. The van der Waals surface area contributed by atoms with E-state index < -0.39 is 5.41 Å². The van der Waals surface area contributed by atoms with Crippen LogP contribution in [0.5, 0.6) is 5.75 Å². The van der Waals surface area contributed by atoms with Gasteiger partial charge in [-0.2, -0.15) is 0 Å². The number of nitrogens with one attached hydrogen (secondary N) is 1. The third-order valence-electron chi connectivity index (χ3n) is 4.83. The largest absolute Gasteiger partial charge is 0.495 e. The second kappa shape index (κ2) is 7.60. The molecule has 2 aromatic carbocycles. The molecule has 0 aromatic heterocycles. The van der Waals surface area contributed by atoms with Gasteiger partial charge in [0, 0.05) is 13.1 Å². The smallest absolute Gasteiger partial charge is 0.240 e. The van der Waals surface area contributed by atoms with Crippen molar-refractivity contribution in [1.29, 1.82) is 0 Å². The number of rotatable bonds is 7. The van der Waals surface area contributed by atoms with Gasteiger partial charge in [-0.25, -0.2) is 0 Å². The van der Waals surface area contributed by atoms with E-state index >= 15 is 0 Å². The van der Waals surface area contributed by atoms with Crippen molar-refractivity contribution in [2.24, 2.45) is 5.41 Å². The van der Waals surface area contributed by atoms with Crippen LogP contribution in [0.1, 0.15) is 25.3 Å². The minimum absolute atomic E-state index is 0.101. The molecule has 0 bridgehead atoms. The Bertz CT molecular complexity index is 785. The minimum Gasteiger partial charge on any atom is -0.495 e. The van der Waals surface area contributed by atoms with Gasteiger partial charge in [0.05, 0.1) is 12.8 Å². The first kappa shape index (κ1) is 18.0. The molecule has 0 saturated heterocycles. The number of amides is 2. The van der Waals surface area contributed by atoms with Gasteiger partial charge in [-0.15, -0.1) is 0 Å². The first-order valence-corrected chi connectivity index (χ1v) is 8.88. The van der Waals surface area contributed by atoms with Crippen molar-refractivity contribution < 1.29 is 14.3 Å². The number of ether oxygens (including phenoxy) is 1. The molecule has 0 heterocycles. The van der Waals surface area contributed by atoms with Gasteiger partial charge in [0.2, 0.25) is 11.8 Å². The van der Waals surface area contributed by atoms with Crippen LogP contribution in [-0.4, -0.2) is 30.4 Å². The van der Waals surface area contributed by atoms with Crippen LogP contribution in [0.4, 0.5) is 5.69 Å². The van der Waals surface area contributed by atoms with Crippen molar-refractivity contribution in [1.82, 2.24) is 4.90 Å². The van der Waals surface area contributed by atoms with Gasteiger partial charge in [0.25, 0.3) is 0 Å². The van der Waals surface area contributed by atoms with Crippen LogP contribution in [0.2, 0.25) is 0 Å². The average Bonchev–Trinajstić information content (AvgIpc) is 3.49. The molecule has 1 aliphatic carbocycles. The van der Waals surface area contributed by atoms with Gasteiger partial charge in [-0.1, -0.05) is 42.5 Å². The lowest BCUT2D eigenvalue weighted by atomic mass is 10.0. The first-order chi connectivity index (χ1) is 12.6. The van der Waals surface area contributed by atoms with Crippen molar-refractivity contribution in [3.05, 3.63) is 60.2 Å². The summed E-state index contributed by atoms with van der Waals surface area (Å²) in [6.07, 6.45) is 1.16. The summed E-state index contributed by atoms with van der Waals surface area (Å²) in [6, 6.07) is 17.1. The number of hydrogen-bond donors (Lipinski definition) is 1. The van der Waals surface area contributed by atoms with Crippen LogP contribution in [0.25, 0.3) is 0 Å². The fraction of sp³-hybridized carbons (Fsp3) is 0.333. The highest BCUT2D eigenvalue weighted by Crippen LogP contribution is 2.48. The van der Waals surface area contributed by atoms with Crippen LogP contribution in [-0.2, 0) is 16.1 Å². The molecule has 136 valence electrons. The molecule has 0 atom stereocenters. The number of benzene rings is 2. The molecule has 0 radical (unpaired) electrons. The highest BCUT2D eigenvalue weighted by molar-refractivity contribution is 6.13. The number of carbonyl (C=O) groups is 2. The summed E-state index contributed by atoms with van der Waals surface area (Å²) in [5.74, 6) is 0.232. The molecule has 5 nitrogen and oxygen atoms in total.